The lowest BCUT2D eigenvalue weighted by atomic mass is 10.0. The summed E-state index contributed by atoms with van der Waals surface area (Å²) in [6, 6.07) is 7.11. The molecule has 1 amide bonds. The van der Waals surface area contributed by atoms with E-state index >= 15 is 0 Å². The normalized spacial score (nSPS) is 17.7. The van der Waals surface area contributed by atoms with E-state index in [1.165, 1.54) is 0 Å². The number of amides is 1. The number of nitrogens with two attached hydrogens (primary N) is 1. The summed E-state index contributed by atoms with van der Waals surface area (Å²) < 4.78 is 5.49. The summed E-state index contributed by atoms with van der Waals surface area (Å²) in [5.41, 5.74) is 7.41. The molecular formula is C15H17ClN4O2. The highest BCUT2D eigenvalue weighted by atomic mass is 35.5. The van der Waals surface area contributed by atoms with Crippen molar-refractivity contribution in [3.05, 3.63) is 41.2 Å². The monoisotopic (exact) mass is 320 g/mol. The third kappa shape index (κ3) is 3.01. The minimum atomic E-state index is -0.0551. The molecule has 116 valence electrons. The average molecular weight is 321 g/mol. The zero-order valence-electron chi connectivity index (χ0n) is 12.0. The van der Waals surface area contributed by atoms with Gasteiger partial charge in [0.05, 0.1) is 22.6 Å². The van der Waals surface area contributed by atoms with Crippen LogP contribution in [-0.4, -0.2) is 40.7 Å². The highest BCUT2D eigenvalue weighted by molar-refractivity contribution is 6.32. The van der Waals surface area contributed by atoms with Gasteiger partial charge in [0.25, 0.3) is 5.91 Å². The second-order valence-corrected chi connectivity index (χ2v) is 5.69. The maximum atomic E-state index is 12.2. The van der Waals surface area contributed by atoms with Crippen LogP contribution in [0.2, 0.25) is 5.02 Å². The number of halogens is 1. The van der Waals surface area contributed by atoms with Crippen molar-refractivity contribution in [3.63, 3.8) is 0 Å². The molecule has 3 N–H and O–H groups in total. The third-order valence-electron chi connectivity index (χ3n) is 3.84. The van der Waals surface area contributed by atoms with Gasteiger partial charge in [0.2, 0.25) is 0 Å². The molecule has 2 heterocycles. The minimum absolute atomic E-state index is 0.0189. The Morgan fingerprint density at radius 1 is 1.50 bits per heavy atom. The van der Waals surface area contributed by atoms with Crippen LogP contribution in [0.1, 0.15) is 18.0 Å². The molecule has 1 aromatic carbocycles. The van der Waals surface area contributed by atoms with Gasteiger partial charge in [-0.05, 0) is 18.6 Å². The lowest BCUT2D eigenvalue weighted by molar-refractivity contribution is -0.132. The Kier molecular flexibility index (Phi) is 4.20. The topological polar surface area (TPSA) is 84.2 Å². The zero-order valence-corrected chi connectivity index (χ0v) is 12.7. The van der Waals surface area contributed by atoms with Gasteiger partial charge in [-0.15, -0.1) is 0 Å². The number of ether oxygens (including phenoxy) is 1. The molecule has 1 fully saturated rings. The van der Waals surface area contributed by atoms with Gasteiger partial charge in [0.15, 0.2) is 6.61 Å². The first kappa shape index (κ1) is 14.7. The number of anilines is 1. The van der Waals surface area contributed by atoms with E-state index in [0.29, 0.717) is 29.5 Å². The molecule has 1 aliphatic heterocycles. The summed E-state index contributed by atoms with van der Waals surface area (Å²) in [4.78, 5) is 14.0. The van der Waals surface area contributed by atoms with Gasteiger partial charge in [-0.25, -0.2) is 0 Å². The lowest BCUT2D eigenvalue weighted by Crippen LogP contribution is -2.33. The number of nitrogens with one attached hydrogen (secondary N) is 1. The first-order chi connectivity index (χ1) is 10.6. The molecule has 0 bridgehead atoms. The number of hydrogen-bond acceptors (Lipinski definition) is 4. The smallest absolute Gasteiger partial charge is 0.260 e. The molecule has 1 unspecified atom stereocenters. The van der Waals surface area contributed by atoms with E-state index in [-0.39, 0.29) is 18.4 Å². The number of aromatic amines is 1. The van der Waals surface area contributed by atoms with Gasteiger partial charge in [-0.3, -0.25) is 9.89 Å². The molecule has 1 aromatic heterocycles. The number of nitrogens with zero attached hydrogens (tertiary/aromatic N) is 2. The lowest BCUT2D eigenvalue weighted by Gasteiger charge is -2.17. The van der Waals surface area contributed by atoms with Crippen LogP contribution in [0, 0.1) is 0 Å². The average Bonchev–Trinajstić information content (AvgIpc) is 3.14. The van der Waals surface area contributed by atoms with E-state index in [1.807, 2.05) is 12.1 Å². The second-order valence-electron chi connectivity index (χ2n) is 5.28. The second kappa shape index (κ2) is 6.27. The van der Waals surface area contributed by atoms with Gasteiger partial charge in [0.1, 0.15) is 5.75 Å². The first-order valence-electron chi connectivity index (χ1n) is 7.09. The fourth-order valence-corrected chi connectivity index (χ4v) is 2.84. The van der Waals surface area contributed by atoms with Gasteiger partial charge in [-0.2, -0.15) is 5.10 Å². The zero-order chi connectivity index (χ0) is 15.5. The van der Waals surface area contributed by atoms with Crippen molar-refractivity contribution in [1.82, 2.24) is 15.1 Å². The van der Waals surface area contributed by atoms with Crippen LogP contribution in [0.4, 0.5) is 5.69 Å². The summed E-state index contributed by atoms with van der Waals surface area (Å²) in [6.07, 6.45) is 2.46. The molecule has 0 radical (unpaired) electrons. The van der Waals surface area contributed by atoms with Gasteiger partial charge in [-0.1, -0.05) is 23.7 Å². The number of H-pyrrole nitrogens is 1. The molecule has 0 saturated carbocycles. The number of benzene rings is 1. The number of carbonyl (C=O) groups excluding carboxylic acids is 1. The quantitative estimate of drug-likeness (QED) is 0.903. The molecular weight excluding hydrogens is 304 g/mol. The highest BCUT2D eigenvalue weighted by Gasteiger charge is 2.29. The van der Waals surface area contributed by atoms with Crippen molar-refractivity contribution in [2.75, 3.05) is 25.4 Å². The van der Waals surface area contributed by atoms with E-state index in [1.54, 1.807) is 23.2 Å². The molecule has 1 aliphatic rings. The Hall–Kier alpha value is -2.21. The van der Waals surface area contributed by atoms with Crippen molar-refractivity contribution in [3.8, 4) is 5.75 Å². The highest BCUT2D eigenvalue weighted by Crippen LogP contribution is 2.29. The molecule has 0 aliphatic carbocycles. The molecule has 1 atom stereocenters. The number of aromatic nitrogens is 2. The van der Waals surface area contributed by atoms with Gasteiger partial charge >= 0.3 is 0 Å². The van der Waals surface area contributed by atoms with Crippen molar-refractivity contribution in [1.29, 1.82) is 0 Å². The van der Waals surface area contributed by atoms with Crippen LogP contribution in [0.15, 0.2) is 30.5 Å². The van der Waals surface area contributed by atoms with Crippen LogP contribution >= 0.6 is 11.6 Å². The van der Waals surface area contributed by atoms with Crippen LogP contribution in [0.25, 0.3) is 0 Å². The maximum Gasteiger partial charge on any atom is 0.260 e. The number of carbonyl (C=O) groups is 1. The SMILES string of the molecule is Nc1cn[nH]c1C1CCN(C(=O)COc2ccccc2Cl)C1. The first-order valence-corrected chi connectivity index (χ1v) is 7.47. The number of rotatable bonds is 4. The summed E-state index contributed by atoms with van der Waals surface area (Å²) in [5.74, 6) is 0.665. The molecule has 2 aromatic rings. The predicted molar refractivity (Wildman–Crippen MR) is 83.9 cm³/mol. The largest absolute Gasteiger partial charge is 0.482 e. The van der Waals surface area contributed by atoms with E-state index in [9.17, 15) is 4.79 Å². The Balaban J connectivity index is 1.56. The molecule has 3 rings (SSSR count). The number of nitrogen functional groups attached to an aromatic ring is 1. The van der Waals surface area contributed by atoms with Crippen molar-refractivity contribution in [2.45, 2.75) is 12.3 Å². The Labute approximate surface area is 133 Å². The van der Waals surface area contributed by atoms with Crippen LogP contribution in [0.3, 0.4) is 0 Å². The standard InChI is InChI=1S/C15H17ClN4O2/c16-11-3-1-2-4-13(11)22-9-14(21)20-6-5-10(8-20)15-12(17)7-18-19-15/h1-4,7,10H,5-6,8-9,17H2,(H,18,19). The summed E-state index contributed by atoms with van der Waals surface area (Å²) in [7, 11) is 0. The molecule has 7 heteroatoms. The van der Waals surface area contributed by atoms with Crippen LogP contribution in [0.5, 0.6) is 5.75 Å². The van der Waals surface area contributed by atoms with E-state index < -0.39 is 0 Å². The molecule has 1 saturated heterocycles. The predicted octanol–water partition coefficient (Wildman–Crippen LogP) is 2.04. The van der Waals surface area contributed by atoms with E-state index in [4.69, 9.17) is 22.1 Å². The Bertz CT molecular complexity index is 673. The Morgan fingerprint density at radius 2 is 2.32 bits per heavy atom. The van der Waals surface area contributed by atoms with Crippen LogP contribution < -0.4 is 10.5 Å². The number of hydrogen-bond donors (Lipinski definition) is 2. The van der Waals surface area contributed by atoms with Gasteiger partial charge < -0.3 is 15.4 Å². The molecule has 0 spiro atoms. The fourth-order valence-electron chi connectivity index (χ4n) is 2.65. The summed E-state index contributed by atoms with van der Waals surface area (Å²) >= 11 is 6.00. The van der Waals surface area contributed by atoms with E-state index in [2.05, 4.69) is 10.2 Å². The summed E-state index contributed by atoms with van der Waals surface area (Å²) in [5, 5.41) is 7.34. The maximum absolute atomic E-state index is 12.2. The van der Waals surface area contributed by atoms with Crippen molar-refractivity contribution in [2.24, 2.45) is 0 Å². The Morgan fingerprint density at radius 3 is 3.05 bits per heavy atom. The van der Waals surface area contributed by atoms with Crippen molar-refractivity contribution < 1.29 is 9.53 Å². The fraction of sp³-hybridized carbons (Fsp3) is 0.333. The summed E-state index contributed by atoms with van der Waals surface area (Å²) in [6.45, 7) is 1.29. The molecule has 6 nitrogen and oxygen atoms in total. The van der Waals surface area contributed by atoms with Gasteiger partial charge in [0, 0.05) is 19.0 Å². The molecule has 22 heavy (non-hydrogen) atoms. The van der Waals surface area contributed by atoms with Crippen LogP contribution in [-0.2, 0) is 4.79 Å². The third-order valence-corrected chi connectivity index (χ3v) is 4.15. The number of likely N-dealkylation sites (tertiary alicyclic amines) is 1. The number of para-hydroxylation sites is 1. The minimum Gasteiger partial charge on any atom is -0.482 e. The van der Waals surface area contributed by atoms with Crippen molar-refractivity contribution >= 4 is 23.2 Å². The van der Waals surface area contributed by atoms with E-state index in [0.717, 1.165) is 12.1 Å².